The van der Waals surface area contributed by atoms with Gasteiger partial charge in [0, 0.05) is 19.8 Å². The molecule has 0 aliphatic heterocycles. The normalized spacial score (nSPS) is 10.4. The van der Waals surface area contributed by atoms with Crippen LogP contribution in [0.5, 0.6) is 5.75 Å². The lowest BCUT2D eigenvalue weighted by Gasteiger charge is -2.19. The van der Waals surface area contributed by atoms with E-state index < -0.39 is 0 Å². The molecular weight excluding hydrogens is 350 g/mol. The van der Waals surface area contributed by atoms with Gasteiger partial charge >= 0.3 is 0 Å². The number of nitrogens with zero attached hydrogens (tertiary/aromatic N) is 4. The van der Waals surface area contributed by atoms with Crippen molar-refractivity contribution < 1.29 is 9.53 Å². The minimum atomic E-state index is -0.252. The number of ether oxygens (including phenoxy) is 1. The zero-order valence-electron chi connectivity index (χ0n) is 14.5. The second-order valence-corrected chi connectivity index (χ2v) is 6.42. The Balaban J connectivity index is 1.59. The lowest BCUT2D eigenvalue weighted by molar-refractivity contribution is 0.102. The molecule has 0 unspecified atom stereocenters. The first-order valence-corrected chi connectivity index (χ1v) is 8.92. The number of aromatic nitrogens is 3. The number of amides is 1. The van der Waals surface area contributed by atoms with Crippen molar-refractivity contribution in [2.45, 2.75) is 6.42 Å². The lowest BCUT2D eigenvalue weighted by atomic mass is 10.1. The fourth-order valence-electron chi connectivity index (χ4n) is 2.46. The molecule has 3 rings (SSSR count). The molecule has 8 heteroatoms. The van der Waals surface area contributed by atoms with Gasteiger partial charge < -0.3 is 9.64 Å². The summed E-state index contributed by atoms with van der Waals surface area (Å²) in [6, 6.07) is 11.6. The SMILES string of the molecule is COc1ccccc1CCN(C)c1ccc(C(=O)Nc2nncs2)cn1. The smallest absolute Gasteiger partial charge is 0.259 e. The zero-order valence-corrected chi connectivity index (χ0v) is 15.4. The third kappa shape index (κ3) is 4.34. The van der Waals surface area contributed by atoms with Gasteiger partial charge in [-0.05, 0) is 30.2 Å². The number of hydrogen-bond donors (Lipinski definition) is 1. The number of pyridine rings is 1. The Bertz CT molecular complexity index is 852. The predicted octanol–water partition coefficient (Wildman–Crippen LogP) is 2.87. The van der Waals surface area contributed by atoms with E-state index in [0.29, 0.717) is 10.7 Å². The van der Waals surface area contributed by atoms with E-state index in [9.17, 15) is 4.79 Å². The fraction of sp³-hybridized carbons (Fsp3) is 0.222. The van der Waals surface area contributed by atoms with Crippen LogP contribution in [-0.4, -0.2) is 41.8 Å². The van der Waals surface area contributed by atoms with Crippen LogP contribution in [0.3, 0.4) is 0 Å². The maximum absolute atomic E-state index is 12.1. The molecule has 0 fully saturated rings. The highest BCUT2D eigenvalue weighted by Crippen LogP contribution is 2.19. The second-order valence-electron chi connectivity index (χ2n) is 5.59. The van der Waals surface area contributed by atoms with Gasteiger partial charge in [0.05, 0.1) is 12.7 Å². The van der Waals surface area contributed by atoms with Gasteiger partial charge in [-0.25, -0.2) is 4.98 Å². The second kappa shape index (κ2) is 8.39. The van der Waals surface area contributed by atoms with Gasteiger partial charge in [0.1, 0.15) is 17.1 Å². The van der Waals surface area contributed by atoms with E-state index in [1.54, 1.807) is 24.9 Å². The van der Waals surface area contributed by atoms with E-state index in [2.05, 4.69) is 26.6 Å². The Kier molecular flexibility index (Phi) is 5.75. The number of para-hydroxylation sites is 1. The minimum Gasteiger partial charge on any atom is -0.496 e. The first-order valence-electron chi connectivity index (χ1n) is 8.04. The summed E-state index contributed by atoms with van der Waals surface area (Å²) >= 11 is 1.27. The van der Waals surface area contributed by atoms with Crippen LogP contribution in [0.4, 0.5) is 10.9 Å². The highest BCUT2D eigenvalue weighted by atomic mass is 32.1. The molecule has 0 saturated heterocycles. The summed E-state index contributed by atoms with van der Waals surface area (Å²) in [6.07, 6.45) is 2.40. The van der Waals surface area contributed by atoms with Crippen molar-refractivity contribution in [1.82, 2.24) is 15.2 Å². The Morgan fingerprint density at radius 2 is 2.12 bits per heavy atom. The quantitative estimate of drug-likeness (QED) is 0.690. The number of benzene rings is 1. The van der Waals surface area contributed by atoms with E-state index in [1.807, 2.05) is 36.2 Å². The number of carbonyl (C=O) groups is 1. The molecule has 2 heterocycles. The third-order valence-corrected chi connectivity index (χ3v) is 4.50. The van der Waals surface area contributed by atoms with E-state index in [-0.39, 0.29) is 5.91 Å². The summed E-state index contributed by atoms with van der Waals surface area (Å²) in [7, 11) is 3.65. The van der Waals surface area contributed by atoms with E-state index in [4.69, 9.17) is 4.74 Å². The van der Waals surface area contributed by atoms with Crippen LogP contribution in [0.1, 0.15) is 15.9 Å². The lowest BCUT2D eigenvalue weighted by Crippen LogP contribution is -2.22. The van der Waals surface area contributed by atoms with Crippen molar-refractivity contribution >= 4 is 28.2 Å². The molecule has 0 saturated carbocycles. The van der Waals surface area contributed by atoms with Crippen molar-refractivity contribution in [3.8, 4) is 5.75 Å². The first-order chi connectivity index (χ1) is 12.7. The average Bonchev–Trinajstić information content (AvgIpc) is 3.19. The topological polar surface area (TPSA) is 80.2 Å². The van der Waals surface area contributed by atoms with Crippen LogP contribution in [-0.2, 0) is 6.42 Å². The summed E-state index contributed by atoms with van der Waals surface area (Å²) in [5, 5.41) is 10.6. The van der Waals surface area contributed by atoms with Crippen LogP contribution in [0.15, 0.2) is 48.1 Å². The van der Waals surface area contributed by atoms with E-state index >= 15 is 0 Å². The van der Waals surface area contributed by atoms with Crippen LogP contribution >= 0.6 is 11.3 Å². The molecule has 1 amide bonds. The molecule has 3 aromatic rings. The van der Waals surface area contributed by atoms with Crippen molar-refractivity contribution in [3.05, 3.63) is 59.2 Å². The predicted molar refractivity (Wildman–Crippen MR) is 102 cm³/mol. The summed E-state index contributed by atoms with van der Waals surface area (Å²) < 4.78 is 5.38. The number of methoxy groups -OCH3 is 1. The Morgan fingerprint density at radius 1 is 1.27 bits per heavy atom. The number of hydrogen-bond acceptors (Lipinski definition) is 7. The van der Waals surface area contributed by atoms with E-state index in [0.717, 1.165) is 30.1 Å². The number of carbonyl (C=O) groups excluding carboxylic acids is 1. The molecule has 0 aliphatic rings. The number of anilines is 2. The van der Waals surface area contributed by atoms with Crippen molar-refractivity contribution in [2.24, 2.45) is 0 Å². The third-order valence-electron chi connectivity index (χ3n) is 3.89. The molecule has 0 radical (unpaired) electrons. The van der Waals surface area contributed by atoms with Crippen LogP contribution in [0.25, 0.3) is 0 Å². The molecule has 2 aromatic heterocycles. The van der Waals surface area contributed by atoms with Crippen LogP contribution in [0, 0.1) is 0 Å². The Morgan fingerprint density at radius 3 is 2.81 bits per heavy atom. The van der Waals surface area contributed by atoms with E-state index in [1.165, 1.54) is 11.3 Å². The largest absolute Gasteiger partial charge is 0.496 e. The molecule has 0 atom stereocenters. The molecule has 0 aliphatic carbocycles. The van der Waals surface area contributed by atoms with Gasteiger partial charge in [0.2, 0.25) is 5.13 Å². The Hall–Kier alpha value is -3.00. The van der Waals surface area contributed by atoms with Crippen molar-refractivity contribution in [3.63, 3.8) is 0 Å². The number of likely N-dealkylation sites (N-methyl/N-ethyl adjacent to an activating group) is 1. The molecule has 26 heavy (non-hydrogen) atoms. The molecule has 1 aromatic carbocycles. The van der Waals surface area contributed by atoms with Gasteiger partial charge in [-0.1, -0.05) is 29.5 Å². The van der Waals surface area contributed by atoms with Gasteiger partial charge in [-0.3, -0.25) is 10.1 Å². The molecule has 134 valence electrons. The van der Waals surface area contributed by atoms with Gasteiger partial charge in [-0.2, -0.15) is 0 Å². The maximum Gasteiger partial charge on any atom is 0.259 e. The first kappa shape index (κ1) is 17.8. The monoisotopic (exact) mass is 369 g/mol. The van der Waals surface area contributed by atoms with Gasteiger partial charge in [0.15, 0.2) is 0 Å². The number of nitrogens with one attached hydrogen (secondary N) is 1. The molecule has 1 N–H and O–H groups in total. The summed E-state index contributed by atoms with van der Waals surface area (Å²) in [6.45, 7) is 0.781. The maximum atomic E-state index is 12.1. The molecule has 0 bridgehead atoms. The average molecular weight is 369 g/mol. The van der Waals surface area contributed by atoms with Crippen molar-refractivity contribution in [2.75, 3.05) is 30.9 Å². The molecule has 7 nitrogen and oxygen atoms in total. The summed E-state index contributed by atoms with van der Waals surface area (Å²) in [5.41, 5.74) is 3.19. The highest BCUT2D eigenvalue weighted by molar-refractivity contribution is 7.13. The van der Waals surface area contributed by atoms with Gasteiger partial charge in [0.25, 0.3) is 5.91 Å². The molecule has 0 spiro atoms. The zero-order chi connectivity index (χ0) is 18.4. The van der Waals surface area contributed by atoms with Gasteiger partial charge in [-0.15, -0.1) is 10.2 Å². The van der Waals surface area contributed by atoms with Crippen LogP contribution < -0.4 is 15.0 Å². The fourth-order valence-corrected chi connectivity index (χ4v) is 2.90. The highest BCUT2D eigenvalue weighted by Gasteiger charge is 2.10. The Labute approximate surface area is 155 Å². The van der Waals surface area contributed by atoms with Crippen molar-refractivity contribution in [1.29, 1.82) is 0 Å². The van der Waals surface area contributed by atoms with Crippen LogP contribution in [0.2, 0.25) is 0 Å². The standard InChI is InChI=1S/C18H19N5O2S/c1-23(10-9-13-5-3-4-6-15(13)25-2)16-8-7-14(11-19-16)17(24)21-18-22-20-12-26-18/h3-8,11-12H,9-10H2,1-2H3,(H,21,22,24). The number of rotatable bonds is 7. The minimum absolute atomic E-state index is 0.252. The summed E-state index contributed by atoms with van der Waals surface area (Å²) in [5.74, 6) is 1.43. The molecular formula is C18H19N5O2S. The summed E-state index contributed by atoms with van der Waals surface area (Å²) in [4.78, 5) is 18.6.